The van der Waals surface area contributed by atoms with Crippen molar-refractivity contribution in [1.82, 2.24) is 15.0 Å². The van der Waals surface area contributed by atoms with Crippen LogP contribution in [0.3, 0.4) is 0 Å². The number of aromatic nitrogens is 3. The Bertz CT molecular complexity index is 947. The van der Waals surface area contributed by atoms with E-state index in [1.165, 1.54) is 25.7 Å². The molecule has 0 radical (unpaired) electrons. The molecule has 2 N–H and O–H groups in total. The Morgan fingerprint density at radius 3 is 2.54 bits per heavy atom. The van der Waals surface area contributed by atoms with Crippen molar-refractivity contribution in [2.45, 2.75) is 25.7 Å². The topological polar surface area (TPSA) is 72.4 Å². The zero-order valence-corrected chi connectivity index (χ0v) is 15.9. The van der Waals surface area contributed by atoms with Gasteiger partial charge in [0.15, 0.2) is 5.82 Å². The molecular formula is C21H25N7. The number of hydrogen-bond acceptors (Lipinski definition) is 6. The van der Waals surface area contributed by atoms with E-state index in [1.807, 2.05) is 30.6 Å². The van der Waals surface area contributed by atoms with E-state index in [9.17, 15) is 0 Å². The summed E-state index contributed by atoms with van der Waals surface area (Å²) in [6.07, 6.45) is 8.68. The molecule has 3 aromatic rings. The number of nitrogens with zero attached hydrogens (tertiary/aromatic N) is 5. The molecule has 144 valence electrons. The van der Waals surface area contributed by atoms with Gasteiger partial charge in [0.05, 0.1) is 6.21 Å². The Morgan fingerprint density at radius 1 is 0.964 bits per heavy atom. The lowest BCUT2D eigenvalue weighted by atomic mass is 10.2. The summed E-state index contributed by atoms with van der Waals surface area (Å²) in [5.41, 5.74) is 5.29. The zero-order valence-electron chi connectivity index (χ0n) is 15.9. The highest BCUT2D eigenvalue weighted by molar-refractivity contribution is 5.99. The monoisotopic (exact) mass is 375 g/mol. The number of fused-ring (bicyclic) bond motifs is 1. The van der Waals surface area contributed by atoms with Crippen LogP contribution in [-0.2, 0) is 0 Å². The molecule has 1 aromatic carbocycles. The lowest BCUT2D eigenvalue weighted by Crippen LogP contribution is -2.24. The van der Waals surface area contributed by atoms with Gasteiger partial charge in [-0.2, -0.15) is 15.1 Å². The van der Waals surface area contributed by atoms with Crippen molar-refractivity contribution in [3.8, 4) is 0 Å². The molecular weight excluding hydrogens is 350 g/mol. The van der Waals surface area contributed by atoms with E-state index in [1.54, 1.807) is 0 Å². The van der Waals surface area contributed by atoms with Crippen molar-refractivity contribution < 1.29 is 0 Å². The van der Waals surface area contributed by atoms with Gasteiger partial charge in [0.2, 0.25) is 5.95 Å². The molecule has 4 heterocycles. The van der Waals surface area contributed by atoms with Crippen LogP contribution in [0.5, 0.6) is 0 Å². The Morgan fingerprint density at radius 2 is 1.71 bits per heavy atom. The second-order valence-corrected chi connectivity index (χ2v) is 7.46. The van der Waals surface area contributed by atoms with E-state index in [-0.39, 0.29) is 0 Å². The molecule has 0 aliphatic carbocycles. The number of aromatic amines is 1. The molecule has 0 amide bonds. The molecule has 2 fully saturated rings. The largest absolute Gasteiger partial charge is 0.361 e. The van der Waals surface area contributed by atoms with Gasteiger partial charge >= 0.3 is 0 Å². The average Bonchev–Trinajstić information content (AvgIpc) is 3.49. The van der Waals surface area contributed by atoms with E-state index < -0.39 is 0 Å². The molecule has 0 spiro atoms. The van der Waals surface area contributed by atoms with E-state index in [2.05, 4.69) is 37.4 Å². The van der Waals surface area contributed by atoms with Crippen molar-refractivity contribution in [3.05, 3.63) is 42.1 Å². The highest BCUT2D eigenvalue weighted by atomic mass is 15.4. The summed E-state index contributed by atoms with van der Waals surface area (Å²) < 4.78 is 0. The predicted molar refractivity (Wildman–Crippen MR) is 114 cm³/mol. The van der Waals surface area contributed by atoms with Crippen molar-refractivity contribution in [2.24, 2.45) is 5.10 Å². The Balaban J connectivity index is 1.40. The van der Waals surface area contributed by atoms with Crippen molar-refractivity contribution in [2.75, 3.05) is 41.4 Å². The third-order valence-electron chi connectivity index (χ3n) is 5.52. The van der Waals surface area contributed by atoms with Crippen LogP contribution in [0.15, 0.2) is 41.6 Å². The number of rotatable bonds is 5. The van der Waals surface area contributed by atoms with Crippen LogP contribution < -0.4 is 15.2 Å². The fourth-order valence-electron chi connectivity index (χ4n) is 4.01. The highest BCUT2D eigenvalue weighted by Gasteiger charge is 2.20. The first kappa shape index (κ1) is 17.0. The number of H-pyrrole nitrogens is 1. The minimum atomic E-state index is 0.745. The first-order valence-electron chi connectivity index (χ1n) is 10.1. The van der Waals surface area contributed by atoms with Crippen LogP contribution in [-0.4, -0.2) is 47.3 Å². The first-order chi connectivity index (χ1) is 13.9. The lowest BCUT2D eigenvalue weighted by molar-refractivity contribution is 0.871. The minimum absolute atomic E-state index is 0.745. The van der Waals surface area contributed by atoms with Gasteiger partial charge in [-0.05, 0) is 31.7 Å². The number of anilines is 3. The van der Waals surface area contributed by atoms with Gasteiger partial charge in [-0.25, -0.2) is 0 Å². The quantitative estimate of drug-likeness (QED) is 0.527. The third kappa shape index (κ3) is 3.40. The molecule has 0 saturated carbocycles. The van der Waals surface area contributed by atoms with Crippen molar-refractivity contribution in [3.63, 3.8) is 0 Å². The summed E-state index contributed by atoms with van der Waals surface area (Å²) in [4.78, 5) is 17.4. The highest BCUT2D eigenvalue weighted by Crippen LogP contribution is 2.25. The molecule has 7 nitrogen and oxygen atoms in total. The second-order valence-electron chi connectivity index (χ2n) is 7.46. The van der Waals surface area contributed by atoms with Crippen molar-refractivity contribution >= 4 is 34.7 Å². The SMILES string of the molecule is C(=N\Nc1cc(N2CCCC2)nc(N2CCCC2)n1)/c1c[nH]c2ccccc12. The Kier molecular flexibility index (Phi) is 4.56. The van der Waals surface area contributed by atoms with Crippen LogP contribution >= 0.6 is 0 Å². The molecule has 2 aromatic heterocycles. The molecule has 5 rings (SSSR count). The molecule has 0 unspecified atom stereocenters. The molecule has 0 bridgehead atoms. The Hall–Kier alpha value is -3.09. The predicted octanol–water partition coefficient (Wildman–Crippen LogP) is 3.60. The number of nitrogens with one attached hydrogen (secondary N) is 2. The van der Waals surface area contributed by atoms with E-state index in [4.69, 9.17) is 9.97 Å². The number of para-hydroxylation sites is 1. The Labute approximate surface area is 164 Å². The maximum absolute atomic E-state index is 4.84. The number of hydrogen-bond donors (Lipinski definition) is 2. The fourth-order valence-corrected chi connectivity index (χ4v) is 4.01. The summed E-state index contributed by atoms with van der Waals surface area (Å²) in [6, 6.07) is 10.2. The van der Waals surface area contributed by atoms with Crippen LogP contribution in [0.1, 0.15) is 31.2 Å². The van der Waals surface area contributed by atoms with Gasteiger partial charge < -0.3 is 14.8 Å². The normalized spacial score (nSPS) is 17.3. The molecule has 28 heavy (non-hydrogen) atoms. The van der Waals surface area contributed by atoms with Gasteiger partial charge in [0.25, 0.3) is 0 Å². The smallest absolute Gasteiger partial charge is 0.229 e. The summed E-state index contributed by atoms with van der Waals surface area (Å²) in [5, 5.41) is 5.61. The molecule has 2 aliphatic rings. The fraction of sp³-hybridized carbons (Fsp3) is 0.381. The molecule has 0 atom stereocenters. The lowest BCUT2D eigenvalue weighted by Gasteiger charge is -2.21. The van der Waals surface area contributed by atoms with Gasteiger partial charge in [0.1, 0.15) is 5.82 Å². The van der Waals surface area contributed by atoms with Crippen molar-refractivity contribution in [1.29, 1.82) is 0 Å². The zero-order chi connectivity index (χ0) is 18.8. The van der Waals surface area contributed by atoms with Crippen LogP contribution in [0.25, 0.3) is 10.9 Å². The standard InChI is InChI=1S/C21H25N7/c1-2-8-18-17(7-1)16(14-22-18)15-23-26-19-13-20(27-9-3-4-10-27)25-21(24-19)28-11-5-6-12-28/h1-2,7-8,13-15,22H,3-6,9-12H2,(H,24,25,26)/b23-15+. The molecule has 2 aliphatic heterocycles. The second kappa shape index (κ2) is 7.50. The number of hydrazone groups is 1. The molecule has 2 saturated heterocycles. The van der Waals surface area contributed by atoms with Gasteiger partial charge in [-0.15, -0.1) is 0 Å². The van der Waals surface area contributed by atoms with Gasteiger partial charge in [-0.3, -0.25) is 5.43 Å². The van der Waals surface area contributed by atoms with E-state index >= 15 is 0 Å². The van der Waals surface area contributed by atoms with Crippen LogP contribution in [0, 0.1) is 0 Å². The van der Waals surface area contributed by atoms with Crippen LogP contribution in [0.4, 0.5) is 17.6 Å². The minimum Gasteiger partial charge on any atom is -0.361 e. The summed E-state index contributed by atoms with van der Waals surface area (Å²) in [6.45, 7) is 4.19. The summed E-state index contributed by atoms with van der Waals surface area (Å²) in [7, 11) is 0. The molecule has 7 heteroatoms. The first-order valence-corrected chi connectivity index (χ1v) is 10.1. The maximum Gasteiger partial charge on any atom is 0.229 e. The van der Waals surface area contributed by atoms with Gasteiger partial charge in [0, 0.05) is 54.9 Å². The maximum atomic E-state index is 4.84. The van der Waals surface area contributed by atoms with Crippen LogP contribution in [0.2, 0.25) is 0 Å². The summed E-state index contributed by atoms with van der Waals surface area (Å²) >= 11 is 0. The third-order valence-corrected chi connectivity index (χ3v) is 5.52. The summed E-state index contributed by atoms with van der Waals surface area (Å²) in [5.74, 6) is 2.56. The van der Waals surface area contributed by atoms with E-state index in [0.717, 1.165) is 60.2 Å². The average molecular weight is 375 g/mol. The van der Waals surface area contributed by atoms with Gasteiger partial charge in [-0.1, -0.05) is 18.2 Å². The number of benzene rings is 1. The van der Waals surface area contributed by atoms with E-state index in [0.29, 0.717) is 0 Å².